The lowest BCUT2D eigenvalue weighted by Gasteiger charge is -2.24. The third kappa shape index (κ3) is 13.6. The first kappa shape index (κ1) is 22.4. The van der Waals surface area contributed by atoms with Gasteiger partial charge in [0, 0.05) is 11.9 Å². The van der Waals surface area contributed by atoms with Crippen LogP contribution in [0.25, 0.3) is 0 Å². The number of carboxylic acids is 1. The maximum Gasteiger partial charge on any atom is 0.0620 e. The Balaban J connectivity index is 3.75. The van der Waals surface area contributed by atoms with Crippen molar-refractivity contribution < 1.29 is 15.0 Å². The van der Waals surface area contributed by atoms with Crippen LogP contribution in [0.15, 0.2) is 0 Å². The Labute approximate surface area is 143 Å². The van der Waals surface area contributed by atoms with Crippen molar-refractivity contribution in [1.82, 2.24) is 0 Å². The Bertz CT molecular complexity index is 266. The van der Waals surface area contributed by atoms with E-state index >= 15 is 0 Å². The third-order valence-corrected chi connectivity index (χ3v) is 4.74. The number of aliphatic hydroxyl groups excluding tert-OH is 1. The van der Waals surface area contributed by atoms with Crippen LogP contribution in [0.1, 0.15) is 110 Å². The van der Waals surface area contributed by atoms with Gasteiger partial charge in [0.15, 0.2) is 0 Å². The Morgan fingerprint density at radius 3 is 1.57 bits per heavy atom. The Kier molecular flexibility index (Phi) is 15.9. The van der Waals surface area contributed by atoms with E-state index in [4.69, 9.17) is 0 Å². The molecular weight excluding hydrogens is 288 g/mol. The number of hydrogen-bond acceptors (Lipinski definition) is 3. The summed E-state index contributed by atoms with van der Waals surface area (Å²) in [6.07, 6.45) is 15.6. The first-order valence-electron chi connectivity index (χ1n) is 10.0. The van der Waals surface area contributed by atoms with Gasteiger partial charge in [-0.15, -0.1) is 0 Å². The normalized spacial score (nSPS) is 13.9. The van der Waals surface area contributed by atoms with E-state index in [9.17, 15) is 15.0 Å². The fourth-order valence-corrected chi connectivity index (χ4v) is 3.12. The van der Waals surface area contributed by atoms with Crippen LogP contribution in [-0.2, 0) is 4.79 Å². The minimum Gasteiger partial charge on any atom is -0.550 e. The molecule has 0 heterocycles. The molecule has 2 atom stereocenters. The number of carboxylic acid groups (broad SMARTS) is 1. The molecule has 0 aromatic rings. The number of hydrogen-bond donors (Lipinski definition) is 1. The van der Waals surface area contributed by atoms with Crippen LogP contribution >= 0.6 is 0 Å². The van der Waals surface area contributed by atoms with Crippen molar-refractivity contribution in [2.75, 3.05) is 0 Å². The van der Waals surface area contributed by atoms with E-state index in [0.717, 1.165) is 25.7 Å². The predicted octanol–water partition coefficient (Wildman–Crippen LogP) is 4.60. The average molecular weight is 328 g/mol. The zero-order chi connectivity index (χ0) is 17.3. The van der Waals surface area contributed by atoms with Crippen LogP contribution < -0.4 is 5.11 Å². The van der Waals surface area contributed by atoms with Crippen LogP contribution in [0.4, 0.5) is 0 Å². The highest BCUT2D eigenvalue weighted by atomic mass is 16.4. The molecule has 0 saturated carbocycles. The summed E-state index contributed by atoms with van der Waals surface area (Å²) in [5, 5.41) is 21.4. The molecule has 0 fully saturated rings. The molecule has 0 aliphatic rings. The minimum absolute atomic E-state index is 0.562. The predicted molar refractivity (Wildman–Crippen MR) is 95.1 cm³/mol. The van der Waals surface area contributed by atoms with Gasteiger partial charge in [-0.3, -0.25) is 0 Å². The first-order valence-corrected chi connectivity index (χ1v) is 10.0. The lowest BCUT2D eigenvalue weighted by Crippen LogP contribution is -2.38. The van der Waals surface area contributed by atoms with Crippen LogP contribution in [0.2, 0.25) is 0 Å². The second kappa shape index (κ2) is 16.3. The van der Waals surface area contributed by atoms with E-state index in [1.54, 1.807) is 0 Å². The summed E-state index contributed by atoms with van der Waals surface area (Å²) in [7, 11) is 0. The molecule has 0 rings (SSSR count). The monoisotopic (exact) mass is 327 g/mol. The summed E-state index contributed by atoms with van der Waals surface area (Å²) in [5.41, 5.74) is 0. The quantitative estimate of drug-likeness (QED) is 0.397. The average Bonchev–Trinajstić information content (AvgIpc) is 2.52. The maximum absolute atomic E-state index is 11.2. The molecule has 0 amide bonds. The molecule has 0 aromatic heterocycles. The number of unbranched alkanes of at least 4 members (excludes halogenated alkanes) is 11. The van der Waals surface area contributed by atoms with Gasteiger partial charge in [0.2, 0.25) is 0 Å². The fourth-order valence-electron chi connectivity index (χ4n) is 3.12. The summed E-state index contributed by atoms with van der Waals surface area (Å²) in [5.74, 6) is -1.75. The fraction of sp³-hybridized carbons (Fsp3) is 0.950. The van der Waals surface area contributed by atoms with Gasteiger partial charge in [-0.2, -0.15) is 0 Å². The van der Waals surface area contributed by atoms with Crippen molar-refractivity contribution in [1.29, 1.82) is 0 Å². The van der Waals surface area contributed by atoms with Crippen molar-refractivity contribution >= 4 is 5.97 Å². The summed E-state index contributed by atoms with van der Waals surface area (Å²) >= 11 is 0. The van der Waals surface area contributed by atoms with Crippen LogP contribution in [0.5, 0.6) is 0 Å². The topological polar surface area (TPSA) is 60.4 Å². The van der Waals surface area contributed by atoms with Crippen LogP contribution in [0, 0.1) is 5.92 Å². The zero-order valence-corrected chi connectivity index (χ0v) is 15.5. The second-order valence-electron chi connectivity index (χ2n) is 6.96. The Hall–Kier alpha value is -0.570. The second-order valence-corrected chi connectivity index (χ2v) is 6.96. The molecule has 0 aliphatic carbocycles. The first-order chi connectivity index (χ1) is 11.1. The van der Waals surface area contributed by atoms with Crippen molar-refractivity contribution in [3.63, 3.8) is 0 Å². The van der Waals surface area contributed by atoms with E-state index in [-0.39, 0.29) is 0 Å². The van der Waals surface area contributed by atoms with Gasteiger partial charge >= 0.3 is 0 Å². The molecule has 0 aromatic carbocycles. The third-order valence-electron chi connectivity index (χ3n) is 4.74. The van der Waals surface area contributed by atoms with Gasteiger partial charge in [0.25, 0.3) is 0 Å². The van der Waals surface area contributed by atoms with E-state index in [1.165, 1.54) is 57.8 Å². The van der Waals surface area contributed by atoms with Gasteiger partial charge in [0.05, 0.1) is 6.10 Å². The van der Waals surface area contributed by atoms with Crippen molar-refractivity contribution in [2.24, 2.45) is 5.92 Å². The SMILES string of the molecule is CCCCCCCCC[C@H](O)[C@@H](CCCCCCCC)C(=O)[O-]. The van der Waals surface area contributed by atoms with Gasteiger partial charge in [-0.1, -0.05) is 97.3 Å². The van der Waals surface area contributed by atoms with Crippen molar-refractivity contribution in [3.05, 3.63) is 0 Å². The van der Waals surface area contributed by atoms with Crippen LogP contribution in [0.3, 0.4) is 0 Å². The lowest BCUT2D eigenvalue weighted by molar-refractivity contribution is -0.314. The number of aliphatic carboxylic acids is 1. The zero-order valence-electron chi connectivity index (χ0n) is 15.5. The largest absolute Gasteiger partial charge is 0.550 e. The molecule has 0 saturated heterocycles. The molecule has 23 heavy (non-hydrogen) atoms. The number of carbonyl (C=O) groups is 1. The lowest BCUT2D eigenvalue weighted by atomic mass is 9.91. The summed E-state index contributed by atoms with van der Waals surface area (Å²) in [6.45, 7) is 4.40. The Morgan fingerprint density at radius 2 is 1.13 bits per heavy atom. The van der Waals surface area contributed by atoms with E-state index in [1.807, 2.05) is 0 Å². The molecule has 0 unspecified atom stereocenters. The highest BCUT2D eigenvalue weighted by molar-refractivity contribution is 5.68. The summed E-state index contributed by atoms with van der Waals surface area (Å²) in [4.78, 5) is 11.2. The standard InChI is InChI=1S/C20H40O3/c1-3-5-7-9-11-13-15-17-19(21)18(20(22)23)16-14-12-10-8-6-4-2/h18-19,21H,3-17H2,1-2H3,(H,22,23)/p-1/t18-,19+/m1/s1. The molecule has 3 nitrogen and oxygen atoms in total. The van der Waals surface area contributed by atoms with E-state index < -0.39 is 18.0 Å². The highest BCUT2D eigenvalue weighted by Crippen LogP contribution is 2.19. The van der Waals surface area contributed by atoms with Gasteiger partial charge < -0.3 is 15.0 Å². The number of rotatable bonds is 17. The van der Waals surface area contributed by atoms with Gasteiger partial charge in [0.1, 0.15) is 0 Å². The molecule has 3 heteroatoms. The molecule has 0 spiro atoms. The minimum atomic E-state index is -1.07. The summed E-state index contributed by atoms with van der Waals surface area (Å²) in [6, 6.07) is 0. The highest BCUT2D eigenvalue weighted by Gasteiger charge is 2.19. The van der Waals surface area contributed by atoms with Crippen LogP contribution in [-0.4, -0.2) is 17.2 Å². The van der Waals surface area contributed by atoms with Crippen molar-refractivity contribution in [3.8, 4) is 0 Å². The van der Waals surface area contributed by atoms with E-state index in [2.05, 4.69) is 13.8 Å². The van der Waals surface area contributed by atoms with Gasteiger partial charge in [-0.25, -0.2) is 0 Å². The number of aliphatic hydroxyl groups is 1. The molecule has 1 N–H and O–H groups in total. The number of carbonyl (C=O) groups excluding carboxylic acids is 1. The molecule has 0 radical (unpaired) electrons. The molecule has 0 aliphatic heterocycles. The smallest absolute Gasteiger partial charge is 0.0620 e. The molecular formula is C20H39O3-. The summed E-state index contributed by atoms with van der Waals surface area (Å²) < 4.78 is 0. The van der Waals surface area contributed by atoms with Gasteiger partial charge in [-0.05, 0) is 12.8 Å². The Morgan fingerprint density at radius 1 is 0.739 bits per heavy atom. The maximum atomic E-state index is 11.2. The van der Waals surface area contributed by atoms with Crippen molar-refractivity contribution in [2.45, 2.75) is 116 Å². The molecule has 138 valence electrons. The molecule has 0 bridgehead atoms. The van der Waals surface area contributed by atoms with E-state index in [0.29, 0.717) is 12.8 Å².